The second-order valence-corrected chi connectivity index (χ2v) is 6.08. The Hall–Kier alpha value is -3.45. The summed E-state index contributed by atoms with van der Waals surface area (Å²) in [5.74, 6) is -0.345. The van der Waals surface area contributed by atoms with E-state index in [1.165, 1.54) is 18.3 Å². The van der Waals surface area contributed by atoms with Gasteiger partial charge in [-0.25, -0.2) is 5.43 Å². The predicted molar refractivity (Wildman–Crippen MR) is 106 cm³/mol. The van der Waals surface area contributed by atoms with Gasteiger partial charge in [0.15, 0.2) is 0 Å². The number of fused-ring (bicyclic) bond motifs is 1. The van der Waals surface area contributed by atoms with E-state index >= 15 is 0 Å². The van der Waals surface area contributed by atoms with Crippen LogP contribution in [0.2, 0.25) is 5.02 Å². The quantitative estimate of drug-likeness (QED) is 0.383. The van der Waals surface area contributed by atoms with Crippen molar-refractivity contribution < 1.29 is 9.72 Å². The molecule has 0 unspecified atom stereocenters. The number of carbonyl (C=O) groups is 1. The van der Waals surface area contributed by atoms with Gasteiger partial charge in [-0.2, -0.15) is 5.10 Å². The highest BCUT2D eigenvalue weighted by Crippen LogP contribution is 2.24. The Morgan fingerprint density at radius 1 is 1.11 bits per heavy atom. The number of benzene rings is 3. The summed E-state index contributed by atoms with van der Waals surface area (Å²) in [6, 6.07) is 18.0. The summed E-state index contributed by atoms with van der Waals surface area (Å²) in [6.07, 6.45) is 1.32. The van der Waals surface area contributed by atoms with Gasteiger partial charge in [0.25, 0.3) is 11.6 Å². The van der Waals surface area contributed by atoms with Crippen LogP contribution >= 0.6 is 11.6 Å². The Kier molecular flexibility index (Phi) is 5.63. The molecule has 0 aromatic heterocycles. The molecule has 2 N–H and O–H groups in total. The van der Waals surface area contributed by atoms with Gasteiger partial charge in [-0.3, -0.25) is 14.9 Å². The molecule has 0 fully saturated rings. The van der Waals surface area contributed by atoms with E-state index in [9.17, 15) is 14.9 Å². The van der Waals surface area contributed by atoms with Crippen LogP contribution in [-0.2, 0) is 4.79 Å². The number of nitro groups is 1. The van der Waals surface area contributed by atoms with Crippen molar-refractivity contribution in [3.8, 4) is 0 Å². The molecule has 0 atom stereocenters. The first-order chi connectivity index (χ1) is 13.0. The third-order valence-electron chi connectivity index (χ3n) is 3.77. The summed E-state index contributed by atoms with van der Waals surface area (Å²) < 4.78 is 0. The molecule has 0 spiro atoms. The van der Waals surface area contributed by atoms with Gasteiger partial charge >= 0.3 is 0 Å². The highest BCUT2D eigenvalue weighted by Gasteiger charge is 2.11. The van der Waals surface area contributed by atoms with Gasteiger partial charge in [-0.15, -0.1) is 0 Å². The van der Waals surface area contributed by atoms with Gasteiger partial charge in [0, 0.05) is 17.3 Å². The molecule has 0 bridgehead atoms. The zero-order valence-electron chi connectivity index (χ0n) is 14.1. The molecule has 136 valence electrons. The van der Waals surface area contributed by atoms with E-state index in [4.69, 9.17) is 11.6 Å². The highest BCUT2D eigenvalue weighted by molar-refractivity contribution is 6.32. The summed E-state index contributed by atoms with van der Waals surface area (Å²) in [7, 11) is 0. The number of halogens is 1. The van der Waals surface area contributed by atoms with Gasteiger partial charge in [0.05, 0.1) is 17.7 Å². The number of hydrogen-bond donors (Lipinski definition) is 2. The van der Waals surface area contributed by atoms with Crippen molar-refractivity contribution >= 4 is 45.9 Å². The number of nitrogens with one attached hydrogen (secondary N) is 2. The fraction of sp³-hybridized carbons (Fsp3) is 0.0526. The Balaban J connectivity index is 1.55. The van der Waals surface area contributed by atoms with E-state index < -0.39 is 4.92 Å². The van der Waals surface area contributed by atoms with Crippen LogP contribution in [0.3, 0.4) is 0 Å². The van der Waals surface area contributed by atoms with Gasteiger partial charge in [0.2, 0.25) is 0 Å². The lowest BCUT2D eigenvalue weighted by atomic mass is 10.1. The molecule has 0 heterocycles. The minimum Gasteiger partial charge on any atom is -0.376 e. The van der Waals surface area contributed by atoms with Gasteiger partial charge in [-0.05, 0) is 29.0 Å². The first-order valence-corrected chi connectivity index (χ1v) is 8.39. The number of rotatable bonds is 6. The lowest BCUT2D eigenvalue weighted by Crippen LogP contribution is -2.25. The lowest BCUT2D eigenvalue weighted by molar-refractivity contribution is -0.384. The average molecular weight is 383 g/mol. The van der Waals surface area contributed by atoms with Crippen LogP contribution in [0.1, 0.15) is 5.56 Å². The average Bonchev–Trinajstić information content (AvgIpc) is 2.67. The Labute approximate surface area is 159 Å². The molecule has 27 heavy (non-hydrogen) atoms. The van der Waals surface area contributed by atoms with Crippen molar-refractivity contribution in [2.24, 2.45) is 5.10 Å². The molecule has 0 aliphatic carbocycles. The maximum absolute atomic E-state index is 11.9. The van der Waals surface area contributed by atoms with Crippen molar-refractivity contribution in [2.75, 3.05) is 11.9 Å². The molecular weight excluding hydrogens is 368 g/mol. The van der Waals surface area contributed by atoms with Crippen molar-refractivity contribution in [3.63, 3.8) is 0 Å². The molecule has 7 nitrogen and oxygen atoms in total. The molecule has 0 aliphatic rings. The van der Waals surface area contributed by atoms with Crippen molar-refractivity contribution in [3.05, 3.63) is 81.4 Å². The number of nitro benzene ring substituents is 1. The monoisotopic (exact) mass is 382 g/mol. The smallest absolute Gasteiger partial charge is 0.288 e. The number of hydrogen-bond acceptors (Lipinski definition) is 5. The fourth-order valence-electron chi connectivity index (χ4n) is 2.45. The Bertz CT molecular complexity index is 1040. The first-order valence-electron chi connectivity index (χ1n) is 8.01. The standard InChI is InChI=1S/C19H15ClN4O3/c20-17-8-5-13(9-18(17)24(26)27)11-22-23-19(25)12-21-16-7-6-14-3-1-2-4-15(14)10-16/h1-11,21H,12H2,(H,23,25). The van der Waals surface area contributed by atoms with Crippen LogP contribution in [0, 0.1) is 10.1 Å². The fourth-order valence-corrected chi connectivity index (χ4v) is 2.64. The zero-order chi connectivity index (χ0) is 19.2. The van der Waals surface area contributed by atoms with Gasteiger partial charge < -0.3 is 5.32 Å². The third-order valence-corrected chi connectivity index (χ3v) is 4.09. The molecule has 0 radical (unpaired) electrons. The number of hydrazone groups is 1. The van der Waals surface area contributed by atoms with Crippen molar-refractivity contribution in [1.29, 1.82) is 0 Å². The highest BCUT2D eigenvalue weighted by atomic mass is 35.5. The second kappa shape index (κ2) is 8.29. The summed E-state index contributed by atoms with van der Waals surface area (Å²) in [6.45, 7) is 0.0381. The van der Waals surface area contributed by atoms with Crippen molar-refractivity contribution in [2.45, 2.75) is 0 Å². The van der Waals surface area contributed by atoms with E-state index in [0.717, 1.165) is 16.5 Å². The number of carbonyl (C=O) groups excluding carboxylic acids is 1. The molecule has 3 aromatic rings. The second-order valence-electron chi connectivity index (χ2n) is 5.68. The first kappa shape index (κ1) is 18.3. The molecule has 0 saturated carbocycles. The number of anilines is 1. The van der Waals surface area contributed by atoms with E-state index in [2.05, 4.69) is 15.8 Å². The SMILES string of the molecule is O=C(CNc1ccc2ccccc2c1)NN=Cc1ccc(Cl)c([N+](=O)[O-])c1. The lowest BCUT2D eigenvalue weighted by Gasteiger charge is -2.06. The molecule has 0 aliphatic heterocycles. The van der Waals surface area contributed by atoms with Crippen LogP contribution in [0.5, 0.6) is 0 Å². The van der Waals surface area contributed by atoms with E-state index in [1.54, 1.807) is 6.07 Å². The maximum atomic E-state index is 11.9. The largest absolute Gasteiger partial charge is 0.376 e. The van der Waals surface area contributed by atoms with Gasteiger partial charge in [0.1, 0.15) is 5.02 Å². The minimum absolute atomic E-state index is 0.0381. The van der Waals surface area contributed by atoms with Crippen LogP contribution in [-0.4, -0.2) is 23.6 Å². The van der Waals surface area contributed by atoms with Crippen LogP contribution in [0.15, 0.2) is 65.8 Å². The predicted octanol–water partition coefficient (Wildman–Crippen LogP) is 3.96. The molecule has 3 rings (SSSR count). The van der Waals surface area contributed by atoms with E-state index in [0.29, 0.717) is 5.56 Å². The topological polar surface area (TPSA) is 96.6 Å². The molecule has 8 heteroatoms. The Morgan fingerprint density at radius 3 is 2.67 bits per heavy atom. The number of nitrogens with zero attached hydrogens (tertiary/aromatic N) is 2. The van der Waals surface area contributed by atoms with Gasteiger partial charge in [-0.1, -0.05) is 48.0 Å². The molecule has 0 saturated heterocycles. The van der Waals surface area contributed by atoms with E-state index in [-0.39, 0.29) is 23.2 Å². The maximum Gasteiger partial charge on any atom is 0.288 e. The molecule has 3 aromatic carbocycles. The summed E-state index contributed by atoms with van der Waals surface area (Å²) in [5.41, 5.74) is 3.42. The van der Waals surface area contributed by atoms with Crippen molar-refractivity contribution in [1.82, 2.24) is 5.43 Å². The van der Waals surface area contributed by atoms with Crippen LogP contribution in [0.4, 0.5) is 11.4 Å². The van der Waals surface area contributed by atoms with E-state index in [1.807, 2.05) is 42.5 Å². The normalized spacial score (nSPS) is 10.9. The molecule has 1 amide bonds. The summed E-state index contributed by atoms with van der Waals surface area (Å²) in [5, 5.41) is 19.9. The summed E-state index contributed by atoms with van der Waals surface area (Å²) in [4.78, 5) is 22.2. The Morgan fingerprint density at radius 2 is 1.89 bits per heavy atom. The summed E-state index contributed by atoms with van der Waals surface area (Å²) >= 11 is 5.75. The minimum atomic E-state index is -0.578. The van der Waals surface area contributed by atoms with Crippen LogP contribution < -0.4 is 10.7 Å². The zero-order valence-corrected chi connectivity index (χ0v) is 14.8. The number of amides is 1. The third kappa shape index (κ3) is 4.80. The molecular formula is C19H15ClN4O3. The van der Waals surface area contributed by atoms with Crippen LogP contribution in [0.25, 0.3) is 10.8 Å².